The summed E-state index contributed by atoms with van der Waals surface area (Å²) < 4.78 is 5.81. The van der Waals surface area contributed by atoms with Gasteiger partial charge in [-0.05, 0) is 31.9 Å². The van der Waals surface area contributed by atoms with Gasteiger partial charge in [-0.15, -0.1) is 0 Å². The third kappa shape index (κ3) is 3.55. The minimum absolute atomic E-state index is 0.00511. The van der Waals surface area contributed by atoms with Crippen LogP contribution in [-0.4, -0.2) is 48.1 Å². The summed E-state index contributed by atoms with van der Waals surface area (Å²) in [4.78, 5) is 26.9. The van der Waals surface area contributed by atoms with Gasteiger partial charge in [-0.1, -0.05) is 31.0 Å². The molecule has 23 heavy (non-hydrogen) atoms. The van der Waals surface area contributed by atoms with Crippen LogP contribution in [0.1, 0.15) is 43.0 Å². The molecule has 124 valence electrons. The summed E-state index contributed by atoms with van der Waals surface area (Å²) in [6.45, 7) is 2.97. The summed E-state index contributed by atoms with van der Waals surface area (Å²) >= 11 is 0. The fourth-order valence-corrected chi connectivity index (χ4v) is 3.55. The van der Waals surface area contributed by atoms with E-state index in [0.717, 1.165) is 19.3 Å². The van der Waals surface area contributed by atoms with Gasteiger partial charge in [-0.25, -0.2) is 0 Å². The first-order chi connectivity index (χ1) is 11.2. The van der Waals surface area contributed by atoms with Crippen molar-refractivity contribution in [3.8, 4) is 0 Å². The maximum Gasteiger partial charge on any atom is 0.251 e. The minimum Gasteiger partial charge on any atom is -0.374 e. The Morgan fingerprint density at radius 3 is 2.74 bits per heavy atom. The molecule has 3 rings (SSSR count). The number of benzene rings is 1. The Balaban J connectivity index is 1.63. The Kier molecular flexibility index (Phi) is 4.96. The van der Waals surface area contributed by atoms with E-state index < -0.39 is 6.04 Å². The Morgan fingerprint density at radius 1 is 1.22 bits per heavy atom. The van der Waals surface area contributed by atoms with E-state index in [1.54, 1.807) is 19.1 Å². The highest BCUT2D eigenvalue weighted by Crippen LogP contribution is 2.28. The van der Waals surface area contributed by atoms with Crippen molar-refractivity contribution in [2.45, 2.75) is 50.8 Å². The zero-order valence-electron chi connectivity index (χ0n) is 13.5. The smallest absolute Gasteiger partial charge is 0.251 e. The van der Waals surface area contributed by atoms with Gasteiger partial charge in [0.15, 0.2) is 0 Å². The molecular formula is C18H24N2O3. The summed E-state index contributed by atoms with van der Waals surface area (Å²) in [6, 6.07) is 8.63. The molecule has 1 aromatic carbocycles. The van der Waals surface area contributed by atoms with Gasteiger partial charge in [0.1, 0.15) is 6.04 Å². The Morgan fingerprint density at radius 2 is 1.96 bits per heavy atom. The molecule has 2 aliphatic rings. The highest BCUT2D eigenvalue weighted by Gasteiger charge is 2.38. The molecule has 5 heteroatoms. The molecule has 5 nitrogen and oxygen atoms in total. The first-order valence-electron chi connectivity index (χ1n) is 8.45. The van der Waals surface area contributed by atoms with E-state index in [-0.39, 0.29) is 24.0 Å². The zero-order chi connectivity index (χ0) is 16.2. The van der Waals surface area contributed by atoms with E-state index in [2.05, 4.69) is 5.32 Å². The number of hydrogen-bond donors (Lipinski definition) is 1. The quantitative estimate of drug-likeness (QED) is 0.927. The number of ether oxygens (including phenoxy) is 1. The van der Waals surface area contributed by atoms with Crippen molar-refractivity contribution >= 4 is 11.8 Å². The molecule has 3 atom stereocenters. The van der Waals surface area contributed by atoms with Gasteiger partial charge in [-0.3, -0.25) is 9.59 Å². The summed E-state index contributed by atoms with van der Waals surface area (Å²) in [6.07, 6.45) is 4.50. The van der Waals surface area contributed by atoms with Gasteiger partial charge in [0.25, 0.3) is 5.91 Å². The van der Waals surface area contributed by atoms with Crippen molar-refractivity contribution in [3.63, 3.8) is 0 Å². The van der Waals surface area contributed by atoms with E-state index in [4.69, 9.17) is 4.74 Å². The normalized spacial score (nSPS) is 25.3. The van der Waals surface area contributed by atoms with Crippen LogP contribution in [0, 0.1) is 0 Å². The predicted octanol–water partition coefficient (Wildman–Crippen LogP) is 1.97. The second-order valence-corrected chi connectivity index (χ2v) is 6.35. The van der Waals surface area contributed by atoms with Crippen molar-refractivity contribution in [2.75, 3.05) is 13.2 Å². The first-order valence-corrected chi connectivity index (χ1v) is 8.45. The fourth-order valence-electron chi connectivity index (χ4n) is 3.55. The Labute approximate surface area is 137 Å². The molecule has 0 unspecified atom stereocenters. The van der Waals surface area contributed by atoms with Crippen LogP contribution in [0.3, 0.4) is 0 Å². The number of morpholine rings is 1. The van der Waals surface area contributed by atoms with Crippen LogP contribution in [0.15, 0.2) is 30.3 Å². The topological polar surface area (TPSA) is 58.6 Å². The molecule has 0 radical (unpaired) electrons. The maximum atomic E-state index is 12.8. The molecule has 1 aliphatic heterocycles. The lowest BCUT2D eigenvalue weighted by molar-refractivity contribution is -0.151. The van der Waals surface area contributed by atoms with Crippen LogP contribution >= 0.6 is 0 Å². The van der Waals surface area contributed by atoms with Crippen molar-refractivity contribution in [2.24, 2.45) is 0 Å². The number of carbonyl (C=O) groups excluding carboxylic acids is 2. The molecule has 1 aromatic rings. The van der Waals surface area contributed by atoms with Crippen molar-refractivity contribution in [3.05, 3.63) is 35.9 Å². The lowest BCUT2D eigenvalue weighted by Crippen LogP contribution is -2.58. The van der Waals surface area contributed by atoms with Crippen molar-refractivity contribution in [1.29, 1.82) is 0 Å². The number of carbonyl (C=O) groups is 2. The monoisotopic (exact) mass is 316 g/mol. The van der Waals surface area contributed by atoms with E-state index in [0.29, 0.717) is 18.7 Å². The number of amides is 2. The summed E-state index contributed by atoms with van der Waals surface area (Å²) in [5, 5.41) is 2.82. The van der Waals surface area contributed by atoms with Crippen molar-refractivity contribution < 1.29 is 14.3 Å². The molecule has 0 aromatic heterocycles. The van der Waals surface area contributed by atoms with E-state index >= 15 is 0 Å². The van der Waals surface area contributed by atoms with Crippen LogP contribution in [0.25, 0.3) is 0 Å². The predicted molar refractivity (Wildman–Crippen MR) is 87.1 cm³/mol. The minimum atomic E-state index is -0.525. The summed E-state index contributed by atoms with van der Waals surface area (Å²) in [7, 11) is 0. The van der Waals surface area contributed by atoms with Crippen LogP contribution in [0.2, 0.25) is 0 Å². The number of fused-ring (bicyclic) bond motifs is 1. The van der Waals surface area contributed by atoms with Crippen LogP contribution in [0.5, 0.6) is 0 Å². The standard InChI is InChI=1S/C18H24N2O3/c1-13(19-17(21)14-7-3-2-4-8-14)18(22)20-11-12-23-16-10-6-5-9-15(16)20/h2-4,7-8,13,15-16H,5-6,9-12H2,1H3,(H,19,21)/t13-,15+,16+/m0/s1. The lowest BCUT2D eigenvalue weighted by atomic mass is 9.90. The van der Waals surface area contributed by atoms with Crippen LogP contribution in [0.4, 0.5) is 0 Å². The van der Waals surface area contributed by atoms with Gasteiger partial charge in [0, 0.05) is 12.1 Å². The average molecular weight is 316 g/mol. The fraction of sp³-hybridized carbons (Fsp3) is 0.556. The molecule has 1 saturated heterocycles. The maximum absolute atomic E-state index is 12.8. The Bertz CT molecular complexity index is 559. The average Bonchev–Trinajstić information content (AvgIpc) is 2.61. The SMILES string of the molecule is C[C@H](NC(=O)c1ccccc1)C(=O)N1CCO[C@@H]2CCCC[C@H]21. The van der Waals surface area contributed by atoms with Crippen LogP contribution < -0.4 is 5.32 Å². The summed E-state index contributed by atoms with van der Waals surface area (Å²) in [5.74, 6) is -0.214. The van der Waals surface area contributed by atoms with Crippen LogP contribution in [-0.2, 0) is 9.53 Å². The number of nitrogens with one attached hydrogen (secondary N) is 1. The second kappa shape index (κ2) is 7.13. The third-order valence-electron chi connectivity index (χ3n) is 4.77. The molecule has 2 amide bonds. The van der Waals surface area contributed by atoms with E-state index in [1.807, 2.05) is 23.1 Å². The van der Waals surface area contributed by atoms with Gasteiger partial charge >= 0.3 is 0 Å². The number of rotatable bonds is 3. The van der Waals surface area contributed by atoms with Gasteiger partial charge < -0.3 is 15.0 Å². The molecular weight excluding hydrogens is 292 g/mol. The molecule has 0 bridgehead atoms. The third-order valence-corrected chi connectivity index (χ3v) is 4.77. The van der Waals surface area contributed by atoms with Gasteiger partial charge in [0.2, 0.25) is 5.91 Å². The number of nitrogens with zero attached hydrogens (tertiary/aromatic N) is 1. The van der Waals surface area contributed by atoms with E-state index in [9.17, 15) is 9.59 Å². The molecule has 2 fully saturated rings. The zero-order valence-corrected chi connectivity index (χ0v) is 13.5. The number of hydrogen-bond acceptors (Lipinski definition) is 3. The summed E-state index contributed by atoms with van der Waals surface area (Å²) in [5.41, 5.74) is 0.574. The molecule has 1 saturated carbocycles. The highest BCUT2D eigenvalue weighted by molar-refractivity contribution is 5.97. The van der Waals surface area contributed by atoms with Gasteiger partial charge in [-0.2, -0.15) is 0 Å². The first kappa shape index (κ1) is 16.0. The Hall–Kier alpha value is -1.88. The largest absolute Gasteiger partial charge is 0.374 e. The highest BCUT2D eigenvalue weighted by atomic mass is 16.5. The second-order valence-electron chi connectivity index (χ2n) is 6.35. The van der Waals surface area contributed by atoms with Gasteiger partial charge in [0.05, 0.1) is 18.8 Å². The molecule has 1 aliphatic carbocycles. The van der Waals surface area contributed by atoms with E-state index in [1.165, 1.54) is 6.42 Å². The van der Waals surface area contributed by atoms with Crippen molar-refractivity contribution in [1.82, 2.24) is 10.2 Å². The lowest BCUT2D eigenvalue weighted by Gasteiger charge is -2.44. The molecule has 1 N–H and O–H groups in total. The molecule has 0 spiro atoms. The molecule has 1 heterocycles.